The predicted molar refractivity (Wildman–Crippen MR) is 120 cm³/mol. The van der Waals surface area contributed by atoms with E-state index in [4.69, 9.17) is 9.47 Å². The van der Waals surface area contributed by atoms with E-state index in [1.807, 2.05) is 18.2 Å². The van der Waals surface area contributed by atoms with Crippen LogP contribution in [0, 0.1) is 0 Å². The van der Waals surface area contributed by atoms with Crippen molar-refractivity contribution in [1.29, 1.82) is 0 Å². The number of alkyl halides is 2. The van der Waals surface area contributed by atoms with Crippen molar-refractivity contribution in [2.45, 2.75) is 32.0 Å². The van der Waals surface area contributed by atoms with Gasteiger partial charge in [-0.05, 0) is 61.8 Å². The molecule has 0 spiro atoms. The van der Waals surface area contributed by atoms with E-state index >= 15 is 0 Å². The van der Waals surface area contributed by atoms with Crippen LogP contribution in [0.5, 0.6) is 17.2 Å². The molecule has 1 fully saturated rings. The number of halogens is 2. The topological polar surface area (TPSA) is 65.0 Å². The summed E-state index contributed by atoms with van der Waals surface area (Å²) in [5.74, 6) is 1.46. The lowest BCUT2D eigenvalue weighted by atomic mass is 10.0. The van der Waals surface area contributed by atoms with Crippen molar-refractivity contribution >= 4 is 16.6 Å². The molecule has 9 heteroatoms. The summed E-state index contributed by atoms with van der Waals surface area (Å²) in [6.07, 6.45) is 1.79. The average molecular weight is 457 g/mol. The van der Waals surface area contributed by atoms with Crippen molar-refractivity contribution in [3.8, 4) is 17.2 Å². The Kier molecular flexibility index (Phi) is 5.80. The third-order valence-corrected chi connectivity index (χ3v) is 6.27. The van der Waals surface area contributed by atoms with Gasteiger partial charge in [-0.15, -0.1) is 0 Å². The second kappa shape index (κ2) is 8.90. The zero-order valence-electron chi connectivity index (χ0n) is 18.2. The SMILES string of the molecule is Cn1c(=O)cc(N(Cc2ccc3c(c2)OCO3)C2CCNCC2)c2cc(OC(F)F)ccc21. The van der Waals surface area contributed by atoms with Crippen molar-refractivity contribution in [2.75, 3.05) is 24.8 Å². The molecule has 33 heavy (non-hydrogen) atoms. The summed E-state index contributed by atoms with van der Waals surface area (Å²) in [6.45, 7) is -0.463. The van der Waals surface area contributed by atoms with E-state index < -0.39 is 6.61 Å². The number of nitrogens with zero attached hydrogens (tertiary/aromatic N) is 2. The summed E-state index contributed by atoms with van der Waals surface area (Å²) in [7, 11) is 1.68. The fourth-order valence-corrected chi connectivity index (χ4v) is 4.60. The van der Waals surface area contributed by atoms with Crippen molar-refractivity contribution < 1.29 is 23.0 Å². The van der Waals surface area contributed by atoms with Crippen LogP contribution < -0.4 is 30.0 Å². The van der Waals surface area contributed by atoms with E-state index in [0.717, 1.165) is 31.5 Å². The molecule has 0 radical (unpaired) electrons. The van der Waals surface area contributed by atoms with Crippen LogP contribution in [-0.4, -0.2) is 37.1 Å². The highest BCUT2D eigenvalue weighted by Gasteiger charge is 2.25. The number of anilines is 1. The van der Waals surface area contributed by atoms with E-state index in [9.17, 15) is 13.6 Å². The monoisotopic (exact) mass is 457 g/mol. The first-order valence-electron chi connectivity index (χ1n) is 10.9. The minimum absolute atomic E-state index is 0.0609. The Morgan fingerprint density at radius 3 is 2.70 bits per heavy atom. The van der Waals surface area contributed by atoms with Crippen LogP contribution in [0.4, 0.5) is 14.5 Å². The first-order valence-corrected chi connectivity index (χ1v) is 10.9. The lowest BCUT2D eigenvalue weighted by molar-refractivity contribution is -0.0497. The highest BCUT2D eigenvalue weighted by Crippen LogP contribution is 2.36. The largest absolute Gasteiger partial charge is 0.454 e. The summed E-state index contributed by atoms with van der Waals surface area (Å²) in [6, 6.07) is 12.3. The summed E-state index contributed by atoms with van der Waals surface area (Å²) in [5.41, 5.74) is 2.21. The van der Waals surface area contributed by atoms with Gasteiger partial charge in [0.15, 0.2) is 11.5 Å². The molecule has 5 rings (SSSR count). The predicted octanol–water partition coefficient (Wildman–Crippen LogP) is 3.63. The van der Waals surface area contributed by atoms with E-state index in [0.29, 0.717) is 34.6 Å². The van der Waals surface area contributed by atoms with E-state index in [-0.39, 0.29) is 24.1 Å². The van der Waals surface area contributed by atoms with Gasteiger partial charge in [0.2, 0.25) is 6.79 Å². The molecule has 7 nitrogen and oxygen atoms in total. The lowest BCUT2D eigenvalue weighted by Gasteiger charge is -2.37. The molecule has 1 N–H and O–H groups in total. The van der Waals surface area contributed by atoms with Crippen LogP contribution in [0.15, 0.2) is 47.3 Å². The highest BCUT2D eigenvalue weighted by atomic mass is 19.3. The number of hydrogen-bond acceptors (Lipinski definition) is 6. The fourth-order valence-electron chi connectivity index (χ4n) is 4.60. The first-order chi connectivity index (χ1) is 16.0. The molecule has 174 valence electrons. The van der Waals surface area contributed by atoms with Gasteiger partial charge in [0.25, 0.3) is 5.56 Å². The normalized spacial score (nSPS) is 15.9. The Morgan fingerprint density at radius 2 is 1.91 bits per heavy atom. The maximum absolute atomic E-state index is 12.9. The van der Waals surface area contributed by atoms with Crippen molar-refractivity contribution in [1.82, 2.24) is 9.88 Å². The van der Waals surface area contributed by atoms with Crippen molar-refractivity contribution in [2.24, 2.45) is 7.05 Å². The number of benzene rings is 2. The zero-order chi connectivity index (χ0) is 22.9. The summed E-state index contributed by atoms with van der Waals surface area (Å²) in [4.78, 5) is 15.0. The zero-order valence-corrected chi connectivity index (χ0v) is 18.2. The summed E-state index contributed by atoms with van der Waals surface area (Å²) < 4.78 is 42.9. The number of fused-ring (bicyclic) bond motifs is 2. The fraction of sp³-hybridized carbons (Fsp3) is 0.375. The molecule has 0 unspecified atom stereocenters. The minimum Gasteiger partial charge on any atom is -0.454 e. The Hall–Kier alpha value is -3.33. The van der Waals surface area contributed by atoms with Gasteiger partial charge in [-0.3, -0.25) is 4.79 Å². The van der Waals surface area contributed by atoms with Gasteiger partial charge < -0.3 is 29.0 Å². The standard InChI is InChI=1S/C24H25F2N3O4/c1-28-19-4-3-17(33-24(25)26)11-18(19)20(12-23(28)30)29(16-6-8-27-9-7-16)13-15-2-5-21-22(10-15)32-14-31-21/h2-5,10-12,16,24,27H,6-9,13-14H2,1H3. The number of hydrogen-bond donors (Lipinski definition) is 1. The molecule has 2 aliphatic rings. The smallest absolute Gasteiger partial charge is 0.387 e. The van der Waals surface area contributed by atoms with Crippen molar-refractivity contribution in [3.05, 3.63) is 58.4 Å². The van der Waals surface area contributed by atoms with Crippen LogP contribution in [-0.2, 0) is 13.6 Å². The Bertz CT molecular complexity index is 1220. The highest BCUT2D eigenvalue weighted by molar-refractivity contribution is 5.93. The molecule has 0 saturated carbocycles. The molecule has 1 aromatic heterocycles. The third kappa shape index (κ3) is 4.32. The molecule has 2 aromatic carbocycles. The maximum Gasteiger partial charge on any atom is 0.387 e. The number of nitrogens with one attached hydrogen (secondary N) is 1. The Balaban J connectivity index is 1.62. The van der Waals surface area contributed by atoms with Crippen LogP contribution >= 0.6 is 0 Å². The van der Waals surface area contributed by atoms with E-state index in [2.05, 4.69) is 15.0 Å². The van der Waals surface area contributed by atoms with Crippen LogP contribution in [0.1, 0.15) is 18.4 Å². The van der Waals surface area contributed by atoms with Crippen LogP contribution in [0.25, 0.3) is 10.9 Å². The summed E-state index contributed by atoms with van der Waals surface area (Å²) >= 11 is 0. The second-order valence-corrected chi connectivity index (χ2v) is 8.28. The molecular weight excluding hydrogens is 432 g/mol. The second-order valence-electron chi connectivity index (χ2n) is 8.28. The van der Waals surface area contributed by atoms with Gasteiger partial charge in [-0.25, -0.2) is 0 Å². The molecule has 2 aliphatic heterocycles. The van der Waals surface area contributed by atoms with Crippen molar-refractivity contribution in [3.63, 3.8) is 0 Å². The molecule has 3 heterocycles. The first kappa shape index (κ1) is 21.5. The Labute approximate surface area is 189 Å². The van der Waals surface area contributed by atoms with Gasteiger partial charge in [0, 0.05) is 31.1 Å². The number of rotatable bonds is 6. The maximum atomic E-state index is 12.9. The number of pyridine rings is 1. The van der Waals surface area contributed by atoms with Gasteiger partial charge in [0.1, 0.15) is 5.75 Å². The lowest BCUT2D eigenvalue weighted by Crippen LogP contribution is -2.43. The third-order valence-electron chi connectivity index (χ3n) is 6.27. The van der Waals surface area contributed by atoms with E-state index in [1.165, 1.54) is 10.6 Å². The van der Waals surface area contributed by atoms with Crippen LogP contribution in [0.3, 0.4) is 0 Å². The molecular formula is C24H25F2N3O4. The molecule has 0 atom stereocenters. The molecule has 3 aromatic rings. The molecule has 0 amide bonds. The molecule has 1 saturated heterocycles. The number of aromatic nitrogens is 1. The number of aryl methyl sites for hydroxylation is 1. The summed E-state index contributed by atoms with van der Waals surface area (Å²) in [5, 5.41) is 4.06. The molecule has 0 aliphatic carbocycles. The van der Waals surface area contributed by atoms with Crippen LogP contribution in [0.2, 0.25) is 0 Å². The number of ether oxygens (including phenoxy) is 3. The van der Waals surface area contributed by atoms with Gasteiger partial charge in [-0.2, -0.15) is 8.78 Å². The Morgan fingerprint density at radius 1 is 1.12 bits per heavy atom. The number of piperidine rings is 1. The quantitative estimate of drug-likeness (QED) is 0.610. The minimum atomic E-state index is -2.92. The van der Waals surface area contributed by atoms with Gasteiger partial charge in [0.05, 0.1) is 11.2 Å². The van der Waals surface area contributed by atoms with E-state index in [1.54, 1.807) is 25.2 Å². The molecule has 0 bridgehead atoms. The van der Waals surface area contributed by atoms with Gasteiger partial charge >= 0.3 is 6.61 Å². The van der Waals surface area contributed by atoms with Gasteiger partial charge in [-0.1, -0.05) is 6.07 Å². The average Bonchev–Trinajstić information content (AvgIpc) is 3.28.